The maximum absolute atomic E-state index is 12.7. The first-order valence-electron chi connectivity index (χ1n) is 6.95. The molecule has 0 spiro atoms. The quantitative estimate of drug-likeness (QED) is 0.722. The van der Waals surface area contributed by atoms with Crippen LogP contribution in [-0.4, -0.2) is 25.0 Å². The second kappa shape index (κ2) is 6.25. The molecular weight excluding hydrogens is 334 g/mol. The van der Waals surface area contributed by atoms with Gasteiger partial charge in [-0.3, -0.25) is 18.7 Å². The third-order valence-electron chi connectivity index (χ3n) is 3.44. The molecule has 3 aromatic rings. The molecule has 0 aliphatic rings. The summed E-state index contributed by atoms with van der Waals surface area (Å²) in [5.74, 6) is -0.730. The van der Waals surface area contributed by atoms with Crippen LogP contribution in [0.25, 0.3) is 11.2 Å². The number of halogens is 1. The van der Waals surface area contributed by atoms with E-state index in [1.165, 1.54) is 12.4 Å². The predicted octanol–water partition coefficient (Wildman–Crippen LogP) is 0.140. The van der Waals surface area contributed by atoms with Gasteiger partial charge in [0.25, 0.3) is 5.56 Å². The van der Waals surface area contributed by atoms with E-state index in [-0.39, 0.29) is 17.7 Å². The summed E-state index contributed by atoms with van der Waals surface area (Å²) in [4.78, 5) is 44.5. The van der Waals surface area contributed by atoms with Crippen molar-refractivity contribution in [2.45, 2.75) is 13.1 Å². The number of hydrogen-bond acceptors (Lipinski definition) is 5. The summed E-state index contributed by atoms with van der Waals surface area (Å²) in [6.07, 6.45) is 2.67. The number of hydrogen-bond donors (Lipinski definition) is 1. The van der Waals surface area contributed by atoms with Crippen LogP contribution in [0.1, 0.15) is 5.56 Å². The van der Waals surface area contributed by atoms with Crippen LogP contribution in [0.4, 0.5) is 0 Å². The van der Waals surface area contributed by atoms with Crippen LogP contribution < -0.4 is 17.0 Å². The highest BCUT2D eigenvalue weighted by Crippen LogP contribution is 2.15. The molecule has 2 N–H and O–H groups in total. The summed E-state index contributed by atoms with van der Waals surface area (Å²) >= 11 is 6.09. The number of carbonyl (C=O) groups excluding carboxylic acids is 1. The zero-order valence-corrected chi connectivity index (χ0v) is 13.1. The Kier molecular flexibility index (Phi) is 4.13. The van der Waals surface area contributed by atoms with Crippen LogP contribution in [0.3, 0.4) is 0 Å². The largest absolute Gasteiger partial charge is 0.368 e. The van der Waals surface area contributed by atoms with Gasteiger partial charge in [-0.25, -0.2) is 14.8 Å². The Hall–Kier alpha value is -3.00. The highest BCUT2D eigenvalue weighted by atomic mass is 35.5. The molecule has 8 nitrogen and oxygen atoms in total. The third kappa shape index (κ3) is 2.79. The van der Waals surface area contributed by atoms with E-state index >= 15 is 0 Å². The van der Waals surface area contributed by atoms with E-state index < -0.39 is 23.7 Å². The zero-order chi connectivity index (χ0) is 17.3. The van der Waals surface area contributed by atoms with Crippen LogP contribution in [-0.2, 0) is 17.9 Å². The van der Waals surface area contributed by atoms with Crippen molar-refractivity contribution < 1.29 is 4.79 Å². The summed E-state index contributed by atoms with van der Waals surface area (Å²) < 4.78 is 1.99. The molecular formula is C15H12ClN5O3. The first-order chi connectivity index (χ1) is 11.5. The number of nitrogens with two attached hydrogens (primary N) is 1. The Balaban J connectivity index is 2.28. The molecule has 0 fully saturated rings. The number of rotatable bonds is 4. The molecule has 0 radical (unpaired) electrons. The van der Waals surface area contributed by atoms with Gasteiger partial charge in [0.2, 0.25) is 5.91 Å². The maximum atomic E-state index is 12.7. The lowest BCUT2D eigenvalue weighted by molar-refractivity contribution is -0.118. The van der Waals surface area contributed by atoms with Crippen LogP contribution >= 0.6 is 11.6 Å². The van der Waals surface area contributed by atoms with Crippen molar-refractivity contribution in [1.29, 1.82) is 0 Å². The Morgan fingerprint density at radius 3 is 2.54 bits per heavy atom. The molecule has 2 heterocycles. The summed E-state index contributed by atoms with van der Waals surface area (Å²) in [6.45, 7) is -0.459. The molecule has 0 saturated carbocycles. The maximum Gasteiger partial charge on any atom is 0.333 e. The number of amides is 1. The predicted molar refractivity (Wildman–Crippen MR) is 87.8 cm³/mol. The minimum atomic E-state index is -0.730. The van der Waals surface area contributed by atoms with Crippen LogP contribution in [0, 0.1) is 0 Å². The lowest BCUT2D eigenvalue weighted by Crippen LogP contribution is -2.42. The average molecular weight is 346 g/mol. The van der Waals surface area contributed by atoms with E-state index in [9.17, 15) is 14.4 Å². The summed E-state index contributed by atoms with van der Waals surface area (Å²) in [5.41, 5.74) is 4.47. The van der Waals surface area contributed by atoms with Crippen molar-refractivity contribution in [3.63, 3.8) is 0 Å². The number of fused-ring (bicyclic) bond motifs is 1. The van der Waals surface area contributed by atoms with Gasteiger partial charge in [0, 0.05) is 17.4 Å². The molecule has 0 saturated heterocycles. The van der Waals surface area contributed by atoms with E-state index in [1.54, 1.807) is 24.3 Å². The van der Waals surface area contributed by atoms with Gasteiger partial charge in [-0.05, 0) is 11.6 Å². The van der Waals surface area contributed by atoms with Crippen molar-refractivity contribution in [3.05, 3.63) is 68.1 Å². The molecule has 24 heavy (non-hydrogen) atoms. The number of nitrogens with zero attached hydrogens (tertiary/aromatic N) is 4. The highest BCUT2D eigenvalue weighted by molar-refractivity contribution is 6.31. The third-order valence-corrected chi connectivity index (χ3v) is 3.81. The topological polar surface area (TPSA) is 113 Å². The van der Waals surface area contributed by atoms with Crippen molar-refractivity contribution in [1.82, 2.24) is 19.1 Å². The van der Waals surface area contributed by atoms with E-state index in [4.69, 9.17) is 17.3 Å². The zero-order valence-electron chi connectivity index (χ0n) is 12.3. The SMILES string of the molecule is NC(=O)Cn1c(=O)n(Cc2ccccc2Cl)c(=O)c2nccnc21. The number of aromatic nitrogens is 4. The van der Waals surface area contributed by atoms with Crippen molar-refractivity contribution in [3.8, 4) is 0 Å². The van der Waals surface area contributed by atoms with Gasteiger partial charge in [-0.15, -0.1) is 0 Å². The molecule has 1 amide bonds. The van der Waals surface area contributed by atoms with Crippen LogP contribution in [0.5, 0.6) is 0 Å². The Morgan fingerprint density at radius 1 is 1.12 bits per heavy atom. The lowest BCUT2D eigenvalue weighted by Gasteiger charge is -2.12. The lowest BCUT2D eigenvalue weighted by atomic mass is 10.2. The van der Waals surface area contributed by atoms with Crippen LogP contribution in [0.2, 0.25) is 5.02 Å². The van der Waals surface area contributed by atoms with Gasteiger partial charge >= 0.3 is 5.69 Å². The van der Waals surface area contributed by atoms with Gasteiger partial charge < -0.3 is 5.73 Å². The van der Waals surface area contributed by atoms with Gasteiger partial charge in [0.05, 0.1) is 6.54 Å². The fourth-order valence-electron chi connectivity index (χ4n) is 2.36. The van der Waals surface area contributed by atoms with E-state index in [0.29, 0.717) is 10.6 Å². The molecule has 3 rings (SSSR count). The van der Waals surface area contributed by atoms with Gasteiger partial charge in [0.1, 0.15) is 6.54 Å². The monoisotopic (exact) mass is 345 g/mol. The fraction of sp³-hybridized carbons (Fsp3) is 0.133. The van der Waals surface area contributed by atoms with Crippen molar-refractivity contribution in [2.24, 2.45) is 5.73 Å². The Labute approximate surface area is 140 Å². The van der Waals surface area contributed by atoms with Gasteiger partial charge in [0.15, 0.2) is 11.2 Å². The molecule has 0 bridgehead atoms. The van der Waals surface area contributed by atoms with Crippen molar-refractivity contribution >= 4 is 28.7 Å². The molecule has 0 aliphatic heterocycles. The molecule has 0 unspecified atom stereocenters. The Bertz CT molecular complexity index is 1060. The molecule has 2 aromatic heterocycles. The molecule has 122 valence electrons. The van der Waals surface area contributed by atoms with Gasteiger partial charge in [-0.2, -0.15) is 0 Å². The molecule has 9 heteroatoms. The van der Waals surface area contributed by atoms with Gasteiger partial charge in [-0.1, -0.05) is 29.8 Å². The minimum absolute atomic E-state index is 0.0155. The molecule has 1 aromatic carbocycles. The summed E-state index contributed by atoms with van der Waals surface area (Å²) in [5, 5.41) is 0.421. The number of primary amides is 1. The van der Waals surface area contributed by atoms with E-state index in [0.717, 1.165) is 9.13 Å². The molecule has 0 aliphatic carbocycles. The number of carbonyl (C=O) groups is 1. The first-order valence-corrected chi connectivity index (χ1v) is 7.33. The highest BCUT2D eigenvalue weighted by Gasteiger charge is 2.17. The van der Waals surface area contributed by atoms with Crippen molar-refractivity contribution in [2.75, 3.05) is 0 Å². The second-order valence-corrected chi connectivity index (χ2v) is 5.45. The first kappa shape index (κ1) is 15.9. The standard InChI is InChI=1S/C15H12ClN5O3/c16-10-4-2-1-3-9(10)7-21-14(23)12-13(19-6-5-18-12)20(15(21)24)8-11(17)22/h1-6H,7-8H2,(H2,17,22). The molecule has 0 atom stereocenters. The average Bonchev–Trinajstić information content (AvgIpc) is 2.57. The smallest absolute Gasteiger partial charge is 0.333 e. The fourth-order valence-corrected chi connectivity index (χ4v) is 2.56. The van der Waals surface area contributed by atoms with E-state index in [1.807, 2.05) is 0 Å². The number of benzene rings is 1. The second-order valence-electron chi connectivity index (χ2n) is 5.05. The summed E-state index contributed by atoms with van der Waals surface area (Å²) in [7, 11) is 0. The van der Waals surface area contributed by atoms with Crippen LogP contribution in [0.15, 0.2) is 46.2 Å². The van der Waals surface area contributed by atoms with E-state index in [2.05, 4.69) is 9.97 Å². The summed E-state index contributed by atoms with van der Waals surface area (Å²) in [6, 6.07) is 6.85. The normalized spacial score (nSPS) is 10.9. The Morgan fingerprint density at radius 2 is 1.83 bits per heavy atom. The minimum Gasteiger partial charge on any atom is -0.368 e.